The molecule has 194 valence electrons. The first-order valence-electron chi connectivity index (χ1n) is 11.9. The van der Waals surface area contributed by atoms with Gasteiger partial charge in [-0.2, -0.15) is 0 Å². The minimum atomic E-state index is -0.442. The Labute approximate surface area is 220 Å². The highest BCUT2D eigenvalue weighted by molar-refractivity contribution is 8.16. The molecule has 1 atom stereocenters. The zero-order valence-corrected chi connectivity index (χ0v) is 22.0. The first-order chi connectivity index (χ1) is 17.9. The normalized spacial score (nSPS) is 16.2. The molecule has 2 aliphatic heterocycles. The number of hydrogen-bond acceptors (Lipinski definition) is 9. The van der Waals surface area contributed by atoms with Gasteiger partial charge in [0.05, 0.1) is 37.6 Å². The van der Waals surface area contributed by atoms with Crippen LogP contribution < -0.4 is 19.5 Å². The summed E-state index contributed by atoms with van der Waals surface area (Å²) in [6.45, 7) is 5.89. The van der Waals surface area contributed by atoms with E-state index in [1.165, 1.54) is 11.8 Å². The summed E-state index contributed by atoms with van der Waals surface area (Å²) in [5.41, 5.74) is 2.48. The minimum absolute atomic E-state index is 0.213. The van der Waals surface area contributed by atoms with E-state index >= 15 is 0 Å². The number of carbonyl (C=O) groups excluding carboxylic acids is 2. The Hall–Kier alpha value is -3.92. The van der Waals surface area contributed by atoms with E-state index in [2.05, 4.69) is 10.3 Å². The Morgan fingerprint density at radius 1 is 1.08 bits per heavy atom. The van der Waals surface area contributed by atoms with Gasteiger partial charge in [0.25, 0.3) is 5.91 Å². The van der Waals surface area contributed by atoms with Crippen LogP contribution in [0.3, 0.4) is 0 Å². The van der Waals surface area contributed by atoms with Crippen LogP contribution in [0.1, 0.15) is 32.4 Å². The predicted molar refractivity (Wildman–Crippen MR) is 143 cm³/mol. The molecule has 0 bridgehead atoms. The Kier molecular flexibility index (Phi) is 8.39. The van der Waals surface area contributed by atoms with Crippen LogP contribution in [0.5, 0.6) is 17.2 Å². The lowest BCUT2D eigenvalue weighted by Crippen LogP contribution is -2.34. The number of ether oxygens (including phenoxy) is 4. The van der Waals surface area contributed by atoms with Crippen molar-refractivity contribution in [3.05, 3.63) is 70.9 Å². The fourth-order valence-corrected chi connectivity index (χ4v) is 4.81. The molecule has 10 heteroatoms. The van der Waals surface area contributed by atoms with Crippen molar-refractivity contribution < 1.29 is 28.5 Å². The molecule has 0 aliphatic carbocycles. The maximum absolute atomic E-state index is 12.9. The van der Waals surface area contributed by atoms with Crippen LogP contribution in [-0.4, -0.2) is 48.9 Å². The molecule has 1 amide bonds. The number of esters is 1. The number of hydrogen-bond donors (Lipinski definition) is 1. The van der Waals surface area contributed by atoms with Gasteiger partial charge in [-0.3, -0.25) is 4.79 Å². The van der Waals surface area contributed by atoms with E-state index < -0.39 is 12.0 Å². The molecule has 2 aliphatic rings. The standard InChI is InChI=1S/C27H29N3O6S/c1-5-34-22-14-18(25-24(26(32)35-6-2)17(3)28-27-30(25)12-13-37-27)10-11-21(22)36-16-23(31)29-19-8-7-9-20(15-19)33-4/h7-15,25H,5-6,16H2,1-4H3,(H,29,31)/t25-/m1/s1. The van der Waals surface area contributed by atoms with Crippen LogP contribution in [0.25, 0.3) is 0 Å². The van der Waals surface area contributed by atoms with E-state index in [0.717, 1.165) is 10.7 Å². The van der Waals surface area contributed by atoms with Gasteiger partial charge in [-0.15, -0.1) is 0 Å². The molecule has 2 aromatic carbocycles. The summed E-state index contributed by atoms with van der Waals surface area (Å²) in [5, 5.41) is 5.50. The van der Waals surface area contributed by atoms with Gasteiger partial charge in [-0.25, -0.2) is 9.79 Å². The number of amidine groups is 1. The van der Waals surface area contributed by atoms with Gasteiger partial charge in [0.1, 0.15) is 5.75 Å². The Balaban J connectivity index is 1.56. The molecule has 9 nitrogen and oxygen atoms in total. The molecule has 0 saturated heterocycles. The number of amides is 1. The Morgan fingerprint density at radius 3 is 2.68 bits per heavy atom. The van der Waals surface area contributed by atoms with Crippen molar-refractivity contribution in [2.45, 2.75) is 26.8 Å². The lowest BCUT2D eigenvalue weighted by atomic mass is 9.94. The smallest absolute Gasteiger partial charge is 0.338 e. The maximum Gasteiger partial charge on any atom is 0.338 e. The maximum atomic E-state index is 12.9. The molecule has 0 fully saturated rings. The molecule has 0 spiro atoms. The SMILES string of the molecule is CCOC(=O)C1=C(C)N=C2SC=CN2[C@@H]1c1ccc(OCC(=O)Nc2cccc(OC)c2)c(OCC)c1. The van der Waals surface area contributed by atoms with Crippen molar-refractivity contribution in [2.24, 2.45) is 4.99 Å². The molecular weight excluding hydrogens is 494 g/mol. The summed E-state index contributed by atoms with van der Waals surface area (Å²) < 4.78 is 22.2. The molecular formula is C27H29N3O6S. The van der Waals surface area contributed by atoms with Crippen LogP contribution in [0, 0.1) is 0 Å². The topological polar surface area (TPSA) is 98.7 Å². The Morgan fingerprint density at radius 2 is 1.92 bits per heavy atom. The average molecular weight is 524 g/mol. The van der Waals surface area contributed by atoms with E-state index in [1.54, 1.807) is 44.4 Å². The quantitative estimate of drug-likeness (QED) is 0.440. The highest BCUT2D eigenvalue weighted by Gasteiger charge is 2.37. The van der Waals surface area contributed by atoms with Crippen molar-refractivity contribution in [2.75, 3.05) is 32.2 Å². The van der Waals surface area contributed by atoms with Gasteiger partial charge in [0, 0.05) is 18.0 Å². The lowest BCUT2D eigenvalue weighted by molar-refractivity contribution is -0.139. The zero-order chi connectivity index (χ0) is 26.4. The van der Waals surface area contributed by atoms with Crippen LogP contribution in [0.2, 0.25) is 0 Å². The molecule has 0 aromatic heterocycles. The van der Waals surface area contributed by atoms with Crippen molar-refractivity contribution in [3.63, 3.8) is 0 Å². The number of carbonyl (C=O) groups is 2. The monoisotopic (exact) mass is 523 g/mol. The number of anilines is 1. The second-order valence-electron chi connectivity index (χ2n) is 8.03. The fraction of sp³-hybridized carbons (Fsp3) is 0.296. The number of thioether (sulfide) groups is 1. The first-order valence-corrected chi connectivity index (χ1v) is 12.7. The number of nitrogens with zero attached hydrogens (tertiary/aromatic N) is 2. The number of allylic oxidation sites excluding steroid dienone is 1. The summed E-state index contributed by atoms with van der Waals surface area (Å²) in [6.07, 6.45) is 1.90. The molecule has 0 saturated carbocycles. The van der Waals surface area contributed by atoms with Gasteiger partial charge in [-0.1, -0.05) is 23.9 Å². The molecule has 4 rings (SSSR count). The largest absolute Gasteiger partial charge is 0.497 e. The predicted octanol–water partition coefficient (Wildman–Crippen LogP) is 4.88. The highest BCUT2D eigenvalue weighted by atomic mass is 32.2. The van der Waals surface area contributed by atoms with Crippen LogP contribution in [-0.2, 0) is 14.3 Å². The number of aliphatic imine (C=N–C) groups is 1. The molecule has 2 aromatic rings. The molecule has 1 N–H and O–H groups in total. The van der Waals surface area contributed by atoms with E-state index in [9.17, 15) is 9.59 Å². The van der Waals surface area contributed by atoms with Gasteiger partial charge in [-0.05, 0) is 56.0 Å². The average Bonchev–Trinajstić information content (AvgIpc) is 3.35. The lowest BCUT2D eigenvalue weighted by Gasteiger charge is -2.33. The third-order valence-corrected chi connectivity index (χ3v) is 6.38. The number of methoxy groups -OCH3 is 1. The van der Waals surface area contributed by atoms with Gasteiger partial charge >= 0.3 is 5.97 Å². The fourth-order valence-electron chi connectivity index (χ4n) is 4.02. The third-order valence-electron chi connectivity index (χ3n) is 5.61. The van der Waals surface area contributed by atoms with E-state index in [1.807, 2.05) is 42.5 Å². The second-order valence-corrected chi connectivity index (χ2v) is 8.91. The highest BCUT2D eigenvalue weighted by Crippen LogP contribution is 2.43. The molecule has 0 unspecified atom stereocenters. The van der Waals surface area contributed by atoms with Crippen LogP contribution >= 0.6 is 11.8 Å². The van der Waals surface area contributed by atoms with Crippen molar-refractivity contribution >= 4 is 34.5 Å². The van der Waals surface area contributed by atoms with Gasteiger partial charge in [0.15, 0.2) is 23.3 Å². The Bertz CT molecular complexity index is 1270. The summed E-state index contributed by atoms with van der Waals surface area (Å²) in [5.74, 6) is 0.790. The van der Waals surface area contributed by atoms with Crippen LogP contribution in [0.15, 0.2) is 70.3 Å². The summed E-state index contributed by atoms with van der Waals surface area (Å²) in [7, 11) is 1.57. The minimum Gasteiger partial charge on any atom is -0.497 e. The van der Waals surface area contributed by atoms with E-state index in [4.69, 9.17) is 18.9 Å². The van der Waals surface area contributed by atoms with Crippen LogP contribution in [0.4, 0.5) is 5.69 Å². The van der Waals surface area contributed by atoms with E-state index in [-0.39, 0.29) is 19.1 Å². The second kappa shape index (κ2) is 11.9. The molecule has 0 radical (unpaired) electrons. The van der Waals surface area contributed by atoms with Gasteiger partial charge in [0.2, 0.25) is 0 Å². The number of nitrogens with one attached hydrogen (secondary N) is 1. The number of benzene rings is 2. The van der Waals surface area contributed by atoms with Crippen molar-refractivity contribution in [3.8, 4) is 17.2 Å². The van der Waals surface area contributed by atoms with Gasteiger partial charge < -0.3 is 29.2 Å². The number of rotatable bonds is 10. The zero-order valence-electron chi connectivity index (χ0n) is 21.1. The summed E-state index contributed by atoms with van der Waals surface area (Å²) in [6, 6.07) is 12.1. The molecule has 37 heavy (non-hydrogen) atoms. The summed E-state index contributed by atoms with van der Waals surface area (Å²) in [4.78, 5) is 31.9. The van der Waals surface area contributed by atoms with Crippen molar-refractivity contribution in [1.82, 2.24) is 4.90 Å². The first kappa shape index (κ1) is 26.2. The number of fused-ring (bicyclic) bond motifs is 1. The summed E-state index contributed by atoms with van der Waals surface area (Å²) >= 11 is 1.49. The van der Waals surface area contributed by atoms with Crippen molar-refractivity contribution in [1.29, 1.82) is 0 Å². The van der Waals surface area contributed by atoms with E-state index in [0.29, 0.717) is 40.8 Å². The molecule has 2 heterocycles. The third kappa shape index (κ3) is 5.91.